The van der Waals surface area contributed by atoms with Crippen LogP contribution < -0.4 is 10.1 Å². The predicted octanol–water partition coefficient (Wildman–Crippen LogP) is 3.71. The molecule has 1 heterocycles. The van der Waals surface area contributed by atoms with E-state index in [1.807, 2.05) is 0 Å². The highest BCUT2D eigenvalue weighted by Crippen LogP contribution is 2.31. The highest BCUT2D eigenvalue weighted by atomic mass is 16.5. The Labute approximate surface area is 122 Å². The Morgan fingerprint density at radius 2 is 2.10 bits per heavy atom. The van der Waals surface area contributed by atoms with Crippen molar-refractivity contribution in [3.05, 3.63) is 29.3 Å². The Bertz CT molecular complexity index is 470. The summed E-state index contributed by atoms with van der Waals surface area (Å²) in [5.41, 5.74) is 2.71. The molecule has 1 aromatic carbocycles. The zero-order chi connectivity index (χ0) is 14.1. The molecule has 110 valence electrons. The molecular weight excluding hydrogens is 246 g/mol. The van der Waals surface area contributed by atoms with E-state index in [0.29, 0.717) is 12.1 Å². The van der Waals surface area contributed by atoms with E-state index in [0.717, 1.165) is 30.6 Å². The molecule has 1 aromatic rings. The summed E-state index contributed by atoms with van der Waals surface area (Å²) in [6, 6.07) is 7.20. The van der Waals surface area contributed by atoms with Gasteiger partial charge in [0.2, 0.25) is 0 Å². The second-order valence-electron chi connectivity index (χ2n) is 6.97. The van der Waals surface area contributed by atoms with Crippen LogP contribution in [0.3, 0.4) is 0 Å². The van der Waals surface area contributed by atoms with Crippen molar-refractivity contribution in [1.29, 1.82) is 0 Å². The summed E-state index contributed by atoms with van der Waals surface area (Å²) in [5.74, 6) is 2.79. The quantitative estimate of drug-likeness (QED) is 0.906. The van der Waals surface area contributed by atoms with Crippen LogP contribution in [0.25, 0.3) is 0 Å². The van der Waals surface area contributed by atoms with Crippen molar-refractivity contribution >= 4 is 0 Å². The number of fused-ring (bicyclic) bond motifs is 1. The van der Waals surface area contributed by atoms with E-state index in [2.05, 4.69) is 44.3 Å². The van der Waals surface area contributed by atoms with Crippen molar-refractivity contribution < 1.29 is 4.74 Å². The molecule has 1 N–H and O–H groups in total. The third-order valence-corrected chi connectivity index (χ3v) is 5.00. The Kier molecular flexibility index (Phi) is 4.02. The molecule has 3 rings (SSSR count). The molecule has 1 aliphatic heterocycles. The minimum atomic E-state index is 0.318. The molecule has 0 aromatic heterocycles. The second kappa shape index (κ2) is 5.77. The van der Waals surface area contributed by atoms with Crippen molar-refractivity contribution in [2.75, 3.05) is 6.54 Å². The molecule has 0 amide bonds. The molecule has 20 heavy (non-hydrogen) atoms. The van der Waals surface area contributed by atoms with Gasteiger partial charge in [-0.1, -0.05) is 31.5 Å². The summed E-state index contributed by atoms with van der Waals surface area (Å²) in [4.78, 5) is 0. The fourth-order valence-corrected chi connectivity index (χ4v) is 3.81. The summed E-state index contributed by atoms with van der Waals surface area (Å²) in [5, 5.41) is 3.76. The monoisotopic (exact) mass is 273 g/mol. The molecule has 0 saturated heterocycles. The fraction of sp³-hybridized carbons (Fsp3) is 0.667. The van der Waals surface area contributed by atoms with Crippen LogP contribution in [-0.2, 0) is 6.42 Å². The first kappa shape index (κ1) is 13.9. The first-order valence-electron chi connectivity index (χ1n) is 8.11. The molecule has 0 radical (unpaired) electrons. The lowest BCUT2D eigenvalue weighted by molar-refractivity contribution is 0.184. The van der Waals surface area contributed by atoms with Gasteiger partial charge in [0.15, 0.2) is 0 Å². The highest BCUT2D eigenvalue weighted by Gasteiger charge is 2.28. The third-order valence-electron chi connectivity index (χ3n) is 5.00. The van der Waals surface area contributed by atoms with E-state index in [1.54, 1.807) is 0 Å². The number of ether oxygens (including phenoxy) is 1. The molecule has 1 fully saturated rings. The van der Waals surface area contributed by atoms with Gasteiger partial charge in [-0.2, -0.15) is 0 Å². The lowest BCUT2D eigenvalue weighted by Gasteiger charge is -2.33. The van der Waals surface area contributed by atoms with Crippen molar-refractivity contribution in [2.45, 2.75) is 58.6 Å². The minimum Gasteiger partial charge on any atom is -0.488 e. The minimum absolute atomic E-state index is 0.318. The van der Waals surface area contributed by atoms with Gasteiger partial charge in [0.25, 0.3) is 0 Å². The second-order valence-corrected chi connectivity index (χ2v) is 6.97. The van der Waals surface area contributed by atoms with E-state index in [1.165, 1.54) is 30.4 Å². The van der Waals surface area contributed by atoms with E-state index in [9.17, 15) is 0 Å². The lowest BCUT2D eigenvalue weighted by Crippen LogP contribution is -2.43. The summed E-state index contributed by atoms with van der Waals surface area (Å²) in [7, 11) is 0. The van der Waals surface area contributed by atoms with Gasteiger partial charge in [-0.3, -0.25) is 0 Å². The maximum absolute atomic E-state index is 6.05. The molecule has 1 aliphatic carbocycles. The number of hydrogen-bond donors (Lipinski definition) is 1. The standard InChI is InChI=1S/C18H27NO/c1-12-4-6-17(14(3)8-12)19-11-16-10-15-9-13(2)5-7-18(15)20-16/h5,7,9,12,14,16-17,19H,4,6,8,10-11H2,1-3H3. The third kappa shape index (κ3) is 3.01. The van der Waals surface area contributed by atoms with Gasteiger partial charge in [-0.05, 0) is 49.7 Å². The topological polar surface area (TPSA) is 21.3 Å². The van der Waals surface area contributed by atoms with Crippen molar-refractivity contribution in [2.24, 2.45) is 11.8 Å². The van der Waals surface area contributed by atoms with Crippen LogP contribution >= 0.6 is 0 Å². The maximum Gasteiger partial charge on any atom is 0.123 e. The number of benzene rings is 1. The summed E-state index contributed by atoms with van der Waals surface area (Å²) >= 11 is 0. The Hall–Kier alpha value is -1.02. The molecule has 2 nitrogen and oxygen atoms in total. The smallest absolute Gasteiger partial charge is 0.123 e. The summed E-state index contributed by atoms with van der Waals surface area (Å²) in [6.07, 6.45) is 5.43. The van der Waals surface area contributed by atoms with Crippen LogP contribution in [-0.4, -0.2) is 18.7 Å². The average Bonchev–Trinajstić information content (AvgIpc) is 2.79. The molecule has 1 saturated carbocycles. The van der Waals surface area contributed by atoms with Crippen LogP contribution in [0.4, 0.5) is 0 Å². The van der Waals surface area contributed by atoms with Crippen LogP contribution in [0.1, 0.15) is 44.2 Å². The zero-order valence-electron chi connectivity index (χ0n) is 13.0. The van der Waals surface area contributed by atoms with Crippen molar-refractivity contribution in [3.63, 3.8) is 0 Å². The first-order valence-corrected chi connectivity index (χ1v) is 8.11. The van der Waals surface area contributed by atoms with Gasteiger partial charge in [0.05, 0.1) is 0 Å². The van der Waals surface area contributed by atoms with Crippen LogP contribution in [0.5, 0.6) is 5.75 Å². The zero-order valence-corrected chi connectivity index (χ0v) is 13.0. The van der Waals surface area contributed by atoms with Crippen LogP contribution in [0.2, 0.25) is 0 Å². The number of nitrogens with one attached hydrogen (secondary N) is 1. The normalized spacial score (nSPS) is 32.8. The van der Waals surface area contributed by atoms with Gasteiger partial charge < -0.3 is 10.1 Å². The molecule has 2 aliphatic rings. The Balaban J connectivity index is 1.51. The lowest BCUT2D eigenvalue weighted by atomic mass is 9.80. The van der Waals surface area contributed by atoms with Gasteiger partial charge in [0.1, 0.15) is 11.9 Å². The molecule has 4 atom stereocenters. The van der Waals surface area contributed by atoms with Crippen molar-refractivity contribution in [1.82, 2.24) is 5.32 Å². The van der Waals surface area contributed by atoms with Gasteiger partial charge >= 0.3 is 0 Å². The summed E-state index contributed by atoms with van der Waals surface area (Å²) in [6.45, 7) is 7.90. The van der Waals surface area contributed by atoms with Crippen LogP contribution in [0, 0.1) is 18.8 Å². The largest absolute Gasteiger partial charge is 0.488 e. The fourth-order valence-electron chi connectivity index (χ4n) is 3.81. The average molecular weight is 273 g/mol. The van der Waals surface area contributed by atoms with E-state index in [-0.39, 0.29) is 0 Å². The summed E-state index contributed by atoms with van der Waals surface area (Å²) < 4.78 is 6.05. The first-order chi connectivity index (χ1) is 9.61. The van der Waals surface area contributed by atoms with E-state index < -0.39 is 0 Å². The number of aryl methyl sites for hydroxylation is 1. The number of rotatable bonds is 3. The maximum atomic E-state index is 6.05. The molecule has 4 unspecified atom stereocenters. The van der Waals surface area contributed by atoms with Gasteiger partial charge in [-0.25, -0.2) is 0 Å². The van der Waals surface area contributed by atoms with Crippen LogP contribution in [0.15, 0.2) is 18.2 Å². The van der Waals surface area contributed by atoms with E-state index in [4.69, 9.17) is 4.74 Å². The van der Waals surface area contributed by atoms with Gasteiger partial charge in [0, 0.05) is 19.0 Å². The Morgan fingerprint density at radius 3 is 2.90 bits per heavy atom. The molecular formula is C18H27NO. The van der Waals surface area contributed by atoms with Crippen molar-refractivity contribution in [3.8, 4) is 5.75 Å². The Morgan fingerprint density at radius 1 is 1.25 bits per heavy atom. The number of hydrogen-bond acceptors (Lipinski definition) is 2. The molecule has 0 bridgehead atoms. The van der Waals surface area contributed by atoms with Gasteiger partial charge in [-0.15, -0.1) is 0 Å². The SMILES string of the molecule is Cc1ccc2c(c1)CC(CNC1CCC(C)CC1C)O2. The molecule has 0 spiro atoms. The molecule has 2 heteroatoms. The van der Waals surface area contributed by atoms with E-state index >= 15 is 0 Å². The highest BCUT2D eigenvalue weighted by molar-refractivity contribution is 5.40. The predicted molar refractivity (Wildman–Crippen MR) is 83.3 cm³/mol.